The first kappa shape index (κ1) is 11.0. The van der Waals surface area contributed by atoms with Gasteiger partial charge >= 0.3 is 0 Å². The van der Waals surface area contributed by atoms with Gasteiger partial charge in [-0.3, -0.25) is 0 Å². The van der Waals surface area contributed by atoms with Gasteiger partial charge in [0.15, 0.2) is 6.29 Å². The lowest BCUT2D eigenvalue weighted by molar-refractivity contribution is -0.203. The van der Waals surface area contributed by atoms with Crippen molar-refractivity contribution < 1.29 is 9.47 Å². The largest absolute Gasteiger partial charge is 0.353 e. The molecule has 0 N–H and O–H groups in total. The van der Waals surface area contributed by atoms with Crippen LogP contribution in [-0.2, 0) is 9.47 Å². The van der Waals surface area contributed by atoms with E-state index in [1.807, 2.05) is 6.92 Å². The average Bonchev–Trinajstić information content (AvgIpc) is 2.13. The topological polar surface area (TPSA) is 18.5 Å². The van der Waals surface area contributed by atoms with Crippen molar-refractivity contribution in [3.8, 4) is 0 Å². The summed E-state index contributed by atoms with van der Waals surface area (Å²) in [5, 5.41) is 0. The molecule has 0 saturated carbocycles. The maximum atomic E-state index is 5.64. The normalized spacial score (nSPS) is 29.1. The molecule has 0 aliphatic carbocycles. The summed E-state index contributed by atoms with van der Waals surface area (Å²) in [6.45, 7) is 5.10. The first-order valence-corrected chi connectivity index (χ1v) is 5.60. The Morgan fingerprint density at radius 1 is 1.23 bits per heavy atom. The van der Waals surface area contributed by atoms with E-state index in [1.54, 1.807) is 0 Å². The summed E-state index contributed by atoms with van der Waals surface area (Å²) in [5.41, 5.74) is 0. The Morgan fingerprint density at radius 3 is 2.77 bits per heavy atom. The van der Waals surface area contributed by atoms with Crippen LogP contribution in [0.4, 0.5) is 0 Å². The molecule has 2 heteroatoms. The molecule has 0 radical (unpaired) electrons. The fourth-order valence-corrected chi connectivity index (χ4v) is 1.75. The minimum absolute atomic E-state index is 0.0184. The Hall–Kier alpha value is -0.0800. The van der Waals surface area contributed by atoms with Crippen molar-refractivity contribution in [2.24, 2.45) is 0 Å². The number of hydrogen-bond donors (Lipinski definition) is 0. The van der Waals surface area contributed by atoms with Crippen LogP contribution in [-0.4, -0.2) is 19.0 Å². The predicted octanol–water partition coefficient (Wildman–Crippen LogP) is 3.11. The van der Waals surface area contributed by atoms with Crippen molar-refractivity contribution in [3.63, 3.8) is 0 Å². The second-order valence-corrected chi connectivity index (χ2v) is 3.83. The molecule has 0 bridgehead atoms. The van der Waals surface area contributed by atoms with E-state index < -0.39 is 0 Å². The Bertz CT molecular complexity index is 125. The number of hydrogen-bond acceptors (Lipinski definition) is 2. The SMILES string of the molecule is CCCCCC[C@H]1CCOC(C)O1. The second-order valence-electron chi connectivity index (χ2n) is 3.83. The molecule has 1 aliphatic rings. The lowest BCUT2D eigenvalue weighted by Crippen LogP contribution is -2.30. The van der Waals surface area contributed by atoms with Gasteiger partial charge in [-0.15, -0.1) is 0 Å². The molecule has 2 nitrogen and oxygen atoms in total. The van der Waals surface area contributed by atoms with Gasteiger partial charge in [-0.25, -0.2) is 0 Å². The molecule has 1 fully saturated rings. The van der Waals surface area contributed by atoms with Crippen molar-refractivity contribution in [1.29, 1.82) is 0 Å². The number of ether oxygens (including phenoxy) is 2. The molecule has 0 aromatic carbocycles. The van der Waals surface area contributed by atoms with Crippen LogP contribution in [0.15, 0.2) is 0 Å². The van der Waals surface area contributed by atoms with E-state index in [9.17, 15) is 0 Å². The van der Waals surface area contributed by atoms with Crippen LogP contribution < -0.4 is 0 Å². The average molecular weight is 186 g/mol. The van der Waals surface area contributed by atoms with Gasteiger partial charge in [0.25, 0.3) is 0 Å². The fraction of sp³-hybridized carbons (Fsp3) is 1.00. The summed E-state index contributed by atoms with van der Waals surface area (Å²) in [7, 11) is 0. The molecule has 78 valence electrons. The highest BCUT2D eigenvalue weighted by Gasteiger charge is 2.18. The van der Waals surface area contributed by atoms with Gasteiger partial charge in [0, 0.05) is 0 Å². The minimum Gasteiger partial charge on any atom is -0.353 e. The van der Waals surface area contributed by atoms with E-state index >= 15 is 0 Å². The minimum atomic E-state index is 0.0184. The summed E-state index contributed by atoms with van der Waals surface area (Å²) in [6.07, 6.45) is 8.11. The molecule has 0 spiro atoms. The van der Waals surface area contributed by atoms with Crippen molar-refractivity contribution in [2.75, 3.05) is 6.61 Å². The van der Waals surface area contributed by atoms with Crippen LogP contribution in [0.1, 0.15) is 52.4 Å². The van der Waals surface area contributed by atoms with Crippen LogP contribution in [0.2, 0.25) is 0 Å². The fourth-order valence-electron chi connectivity index (χ4n) is 1.75. The Labute approximate surface area is 81.6 Å². The monoisotopic (exact) mass is 186 g/mol. The summed E-state index contributed by atoms with van der Waals surface area (Å²) in [4.78, 5) is 0. The van der Waals surface area contributed by atoms with E-state index in [0.717, 1.165) is 13.0 Å². The quantitative estimate of drug-likeness (QED) is 0.614. The van der Waals surface area contributed by atoms with Crippen molar-refractivity contribution in [3.05, 3.63) is 0 Å². The molecular formula is C11H22O2. The number of unbranched alkanes of at least 4 members (excludes halogenated alkanes) is 3. The molecule has 1 aliphatic heterocycles. The van der Waals surface area contributed by atoms with E-state index in [-0.39, 0.29) is 6.29 Å². The van der Waals surface area contributed by atoms with Gasteiger partial charge in [-0.1, -0.05) is 32.6 Å². The molecule has 1 rings (SSSR count). The third-order valence-electron chi connectivity index (χ3n) is 2.56. The van der Waals surface area contributed by atoms with E-state index in [0.29, 0.717) is 6.10 Å². The summed E-state index contributed by atoms with van der Waals surface area (Å²) < 4.78 is 11.0. The van der Waals surface area contributed by atoms with Gasteiger partial charge in [-0.2, -0.15) is 0 Å². The molecule has 13 heavy (non-hydrogen) atoms. The van der Waals surface area contributed by atoms with Crippen LogP contribution in [0.25, 0.3) is 0 Å². The summed E-state index contributed by atoms with van der Waals surface area (Å²) in [5.74, 6) is 0. The Morgan fingerprint density at radius 2 is 2.08 bits per heavy atom. The van der Waals surface area contributed by atoms with E-state index in [2.05, 4.69) is 6.92 Å². The first-order chi connectivity index (χ1) is 6.33. The second kappa shape index (κ2) is 6.39. The first-order valence-electron chi connectivity index (χ1n) is 5.60. The highest BCUT2D eigenvalue weighted by molar-refractivity contribution is 4.62. The number of rotatable bonds is 5. The zero-order chi connectivity index (χ0) is 9.52. The Kier molecular flexibility index (Phi) is 5.40. The molecule has 0 aromatic heterocycles. The molecular weight excluding hydrogens is 164 g/mol. The maximum absolute atomic E-state index is 5.64. The van der Waals surface area contributed by atoms with Crippen LogP contribution in [0, 0.1) is 0 Å². The lowest BCUT2D eigenvalue weighted by atomic mass is 10.1. The molecule has 0 aromatic rings. The van der Waals surface area contributed by atoms with Gasteiger partial charge in [0.2, 0.25) is 0 Å². The standard InChI is InChI=1S/C11H22O2/c1-3-4-5-6-7-11-8-9-12-10(2)13-11/h10-11H,3-9H2,1-2H3/t10?,11-/m0/s1. The van der Waals surface area contributed by atoms with Crippen LogP contribution in [0.3, 0.4) is 0 Å². The molecule has 0 amide bonds. The van der Waals surface area contributed by atoms with Crippen LogP contribution >= 0.6 is 0 Å². The van der Waals surface area contributed by atoms with Crippen LogP contribution in [0.5, 0.6) is 0 Å². The van der Waals surface area contributed by atoms with Gasteiger partial charge in [-0.05, 0) is 19.8 Å². The predicted molar refractivity (Wildman–Crippen MR) is 53.7 cm³/mol. The third kappa shape index (κ3) is 4.63. The van der Waals surface area contributed by atoms with Crippen molar-refractivity contribution in [1.82, 2.24) is 0 Å². The van der Waals surface area contributed by atoms with E-state index in [4.69, 9.17) is 9.47 Å². The zero-order valence-electron chi connectivity index (χ0n) is 8.92. The molecule has 1 unspecified atom stereocenters. The van der Waals surface area contributed by atoms with Crippen molar-refractivity contribution >= 4 is 0 Å². The molecule has 1 heterocycles. The zero-order valence-corrected chi connectivity index (χ0v) is 8.92. The highest BCUT2D eigenvalue weighted by Crippen LogP contribution is 2.17. The van der Waals surface area contributed by atoms with Gasteiger partial charge in [0.05, 0.1) is 12.7 Å². The summed E-state index contributed by atoms with van der Waals surface area (Å²) >= 11 is 0. The lowest BCUT2D eigenvalue weighted by Gasteiger charge is -2.28. The third-order valence-corrected chi connectivity index (χ3v) is 2.56. The van der Waals surface area contributed by atoms with Gasteiger partial charge < -0.3 is 9.47 Å². The summed E-state index contributed by atoms with van der Waals surface area (Å²) in [6, 6.07) is 0. The van der Waals surface area contributed by atoms with E-state index in [1.165, 1.54) is 32.1 Å². The molecule has 1 saturated heterocycles. The Balaban J connectivity index is 2.00. The maximum Gasteiger partial charge on any atom is 0.155 e. The molecule has 2 atom stereocenters. The smallest absolute Gasteiger partial charge is 0.155 e. The van der Waals surface area contributed by atoms with Gasteiger partial charge in [0.1, 0.15) is 0 Å². The van der Waals surface area contributed by atoms with Crippen molar-refractivity contribution in [2.45, 2.75) is 64.8 Å². The highest BCUT2D eigenvalue weighted by atomic mass is 16.7.